The smallest absolute Gasteiger partial charge is 0.141 e. The first-order valence-corrected chi connectivity index (χ1v) is 6.54. The number of rotatable bonds is 2. The van der Waals surface area contributed by atoms with Crippen LogP contribution >= 0.6 is 0 Å². The molecule has 1 N–H and O–H groups in total. The molecule has 1 saturated heterocycles. The van der Waals surface area contributed by atoms with Crippen molar-refractivity contribution in [3.63, 3.8) is 0 Å². The number of pyridine rings is 1. The summed E-state index contributed by atoms with van der Waals surface area (Å²) >= 11 is 0. The second kappa shape index (κ2) is 4.74. The maximum atomic E-state index is 13.0. The molecule has 0 aliphatic carbocycles. The third-order valence-electron chi connectivity index (χ3n) is 3.92. The zero-order chi connectivity index (χ0) is 13.3. The number of hydrogen-bond acceptors (Lipinski definition) is 3. The normalized spacial score (nSPS) is 18.4. The standard InChI is InChI=1S/C14H17FN4/c1-14(4-6-16-7-5-14)12-9-17-10-19(12)13-3-2-11(15)8-18-13/h2-3,8-10,16H,4-7H2,1H3. The topological polar surface area (TPSA) is 42.7 Å². The highest BCUT2D eigenvalue weighted by atomic mass is 19.1. The van der Waals surface area contributed by atoms with E-state index in [2.05, 4.69) is 22.2 Å². The fourth-order valence-corrected chi connectivity index (χ4v) is 2.67. The van der Waals surface area contributed by atoms with E-state index < -0.39 is 0 Å². The first kappa shape index (κ1) is 12.3. The van der Waals surface area contributed by atoms with Crippen molar-refractivity contribution in [2.75, 3.05) is 13.1 Å². The minimum Gasteiger partial charge on any atom is -0.317 e. The summed E-state index contributed by atoms with van der Waals surface area (Å²) in [6.07, 6.45) is 7.03. The van der Waals surface area contributed by atoms with Crippen LogP contribution in [0.2, 0.25) is 0 Å². The number of piperidine rings is 1. The number of halogens is 1. The van der Waals surface area contributed by atoms with E-state index in [0.717, 1.165) is 31.6 Å². The Morgan fingerprint density at radius 2 is 2.05 bits per heavy atom. The number of hydrogen-bond donors (Lipinski definition) is 1. The molecule has 2 aromatic rings. The molecule has 0 amide bonds. The van der Waals surface area contributed by atoms with Gasteiger partial charge in [-0.2, -0.15) is 0 Å². The summed E-state index contributed by atoms with van der Waals surface area (Å²) in [4.78, 5) is 8.39. The zero-order valence-corrected chi connectivity index (χ0v) is 10.9. The highest BCUT2D eigenvalue weighted by Gasteiger charge is 2.32. The Labute approximate surface area is 111 Å². The predicted molar refractivity (Wildman–Crippen MR) is 70.8 cm³/mol. The Bertz CT molecular complexity index is 555. The quantitative estimate of drug-likeness (QED) is 0.898. The number of nitrogens with zero attached hydrogens (tertiary/aromatic N) is 3. The van der Waals surface area contributed by atoms with Gasteiger partial charge in [0, 0.05) is 17.3 Å². The molecule has 4 nitrogen and oxygen atoms in total. The van der Waals surface area contributed by atoms with Crippen LogP contribution in [0.15, 0.2) is 30.9 Å². The maximum Gasteiger partial charge on any atom is 0.141 e. The lowest BCUT2D eigenvalue weighted by Gasteiger charge is -2.34. The van der Waals surface area contributed by atoms with E-state index >= 15 is 0 Å². The molecule has 0 saturated carbocycles. The highest BCUT2D eigenvalue weighted by molar-refractivity contribution is 5.29. The van der Waals surface area contributed by atoms with Crippen molar-refractivity contribution < 1.29 is 4.39 Å². The first-order valence-electron chi connectivity index (χ1n) is 6.54. The van der Waals surface area contributed by atoms with Gasteiger partial charge in [0.2, 0.25) is 0 Å². The molecule has 3 rings (SSSR count). The van der Waals surface area contributed by atoms with Gasteiger partial charge in [-0.05, 0) is 38.1 Å². The minimum atomic E-state index is -0.321. The summed E-state index contributed by atoms with van der Waals surface area (Å²) in [6, 6.07) is 3.11. The average Bonchev–Trinajstić information content (AvgIpc) is 2.90. The van der Waals surface area contributed by atoms with Crippen LogP contribution in [-0.4, -0.2) is 27.6 Å². The molecule has 0 aromatic carbocycles. The van der Waals surface area contributed by atoms with Crippen molar-refractivity contribution in [3.8, 4) is 5.82 Å². The summed E-state index contributed by atoms with van der Waals surface area (Å²) in [5.41, 5.74) is 1.24. The van der Waals surface area contributed by atoms with Gasteiger partial charge in [-0.15, -0.1) is 0 Å². The number of nitrogens with one attached hydrogen (secondary N) is 1. The Balaban J connectivity index is 2.00. The molecule has 0 spiro atoms. The summed E-state index contributed by atoms with van der Waals surface area (Å²) in [6.45, 7) is 4.28. The van der Waals surface area contributed by atoms with Crippen molar-refractivity contribution in [2.45, 2.75) is 25.2 Å². The van der Waals surface area contributed by atoms with E-state index in [1.807, 2.05) is 10.8 Å². The van der Waals surface area contributed by atoms with Gasteiger partial charge in [-0.1, -0.05) is 6.92 Å². The molecule has 0 atom stereocenters. The van der Waals surface area contributed by atoms with Crippen molar-refractivity contribution in [2.24, 2.45) is 0 Å². The van der Waals surface area contributed by atoms with Crippen LogP contribution in [0.4, 0.5) is 4.39 Å². The van der Waals surface area contributed by atoms with Crippen molar-refractivity contribution >= 4 is 0 Å². The van der Waals surface area contributed by atoms with Crippen LogP contribution in [0, 0.1) is 5.82 Å². The Kier molecular flexibility index (Phi) is 3.06. The molecular weight excluding hydrogens is 243 g/mol. The van der Waals surface area contributed by atoms with Gasteiger partial charge in [0.05, 0.1) is 6.20 Å². The molecule has 100 valence electrons. The first-order chi connectivity index (χ1) is 9.19. The highest BCUT2D eigenvalue weighted by Crippen LogP contribution is 2.33. The van der Waals surface area contributed by atoms with Gasteiger partial charge >= 0.3 is 0 Å². The van der Waals surface area contributed by atoms with Crippen LogP contribution in [0.5, 0.6) is 0 Å². The average molecular weight is 260 g/mol. The lowest BCUT2D eigenvalue weighted by atomic mass is 9.78. The Morgan fingerprint density at radius 3 is 2.74 bits per heavy atom. The molecule has 19 heavy (non-hydrogen) atoms. The van der Waals surface area contributed by atoms with Gasteiger partial charge in [0.15, 0.2) is 0 Å². The van der Waals surface area contributed by atoms with E-state index in [9.17, 15) is 4.39 Å². The molecule has 0 radical (unpaired) electrons. The molecule has 0 bridgehead atoms. The van der Waals surface area contributed by atoms with Crippen LogP contribution in [0.1, 0.15) is 25.5 Å². The minimum absolute atomic E-state index is 0.0951. The molecule has 1 aliphatic heterocycles. The summed E-state index contributed by atoms with van der Waals surface area (Å²) < 4.78 is 14.9. The molecule has 1 aliphatic rings. The fourth-order valence-electron chi connectivity index (χ4n) is 2.67. The Morgan fingerprint density at radius 1 is 1.26 bits per heavy atom. The van der Waals surface area contributed by atoms with E-state index in [4.69, 9.17) is 0 Å². The van der Waals surface area contributed by atoms with E-state index in [-0.39, 0.29) is 11.2 Å². The van der Waals surface area contributed by atoms with Crippen molar-refractivity contribution in [1.82, 2.24) is 19.9 Å². The van der Waals surface area contributed by atoms with Gasteiger partial charge in [-0.3, -0.25) is 4.57 Å². The predicted octanol–water partition coefficient (Wildman–Crippen LogP) is 2.05. The lowest BCUT2D eigenvalue weighted by Crippen LogP contribution is -2.38. The van der Waals surface area contributed by atoms with E-state index in [0.29, 0.717) is 5.82 Å². The third-order valence-corrected chi connectivity index (χ3v) is 3.92. The summed E-state index contributed by atoms with van der Waals surface area (Å²) in [7, 11) is 0. The molecule has 3 heterocycles. The molecule has 2 aromatic heterocycles. The van der Waals surface area contributed by atoms with Gasteiger partial charge in [0.25, 0.3) is 0 Å². The lowest BCUT2D eigenvalue weighted by molar-refractivity contribution is 0.323. The van der Waals surface area contributed by atoms with E-state index in [1.54, 1.807) is 12.4 Å². The zero-order valence-electron chi connectivity index (χ0n) is 10.9. The summed E-state index contributed by atoms with van der Waals surface area (Å²) in [5.74, 6) is 0.396. The van der Waals surface area contributed by atoms with E-state index in [1.165, 1.54) is 12.3 Å². The molecule has 0 unspecified atom stereocenters. The largest absolute Gasteiger partial charge is 0.317 e. The summed E-state index contributed by atoms with van der Waals surface area (Å²) in [5, 5.41) is 3.37. The number of aromatic nitrogens is 3. The van der Waals surface area contributed by atoms with Crippen LogP contribution in [0.25, 0.3) is 5.82 Å². The van der Waals surface area contributed by atoms with Crippen molar-refractivity contribution in [1.29, 1.82) is 0 Å². The van der Waals surface area contributed by atoms with Gasteiger partial charge < -0.3 is 5.32 Å². The second-order valence-electron chi connectivity index (χ2n) is 5.29. The SMILES string of the molecule is CC1(c2cncn2-c2ccc(F)cn2)CCNCC1. The van der Waals surface area contributed by atoms with Crippen molar-refractivity contribution in [3.05, 3.63) is 42.4 Å². The van der Waals surface area contributed by atoms with Gasteiger partial charge in [0.1, 0.15) is 18.0 Å². The van der Waals surface area contributed by atoms with Crippen LogP contribution < -0.4 is 5.32 Å². The second-order valence-corrected chi connectivity index (χ2v) is 5.29. The molecule has 1 fully saturated rings. The fraction of sp³-hybridized carbons (Fsp3) is 0.429. The van der Waals surface area contributed by atoms with Gasteiger partial charge in [-0.25, -0.2) is 14.4 Å². The maximum absolute atomic E-state index is 13.0. The third kappa shape index (κ3) is 2.26. The molecular formula is C14H17FN4. The van der Waals surface area contributed by atoms with Crippen LogP contribution in [-0.2, 0) is 5.41 Å². The van der Waals surface area contributed by atoms with Crippen LogP contribution in [0.3, 0.4) is 0 Å². The number of imidazole rings is 1. The Hall–Kier alpha value is -1.75. The molecule has 5 heteroatoms. The monoisotopic (exact) mass is 260 g/mol.